The first-order valence-corrected chi connectivity index (χ1v) is 10.2. The van der Waals surface area contributed by atoms with E-state index in [1.165, 1.54) is 0 Å². The van der Waals surface area contributed by atoms with Gasteiger partial charge in [0.05, 0.1) is 11.6 Å². The first-order chi connectivity index (χ1) is 15.1. The minimum Gasteiger partial charge on any atom is -0.461 e. The number of ether oxygens (including phenoxy) is 1. The van der Waals surface area contributed by atoms with Gasteiger partial charge < -0.3 is 15.4 Å². The molecule has 3 aromatic carbocycles. The van der Waals surface area contributed by atoms with Crippen LogP contribution >= 0.6 is 0 Å². The third kappa shape index (κ3) is 4.67. The molecule has 1 heterocycles. The first kappa shape index (κ1) is 20.4. The zero-order valence-electron chi connectivity index (χ0n) is 17.2. The Balaban J connectivity index is 1.59. The molecule has 1 aliphatic heterocycles. The number of rotatable bonds is 6. The molecule has 156 valence electrons. The van der Waals surface area contributed by atoms with E-state index in [1.54, 1.807) is 6.92 Å². The fourth-order valence-corrected chi connectivity index (χ4v) is 3.85. The van der Waals surface area contributed by atoms with E-state index in [0.717, 1.165) is 16.7 Å². The third-order valence-corrected chi connectivity index (χ3v) is 5.41. The molecule has 0 aromatic heterocycles. The van der Waals surface area contributed by atoms with E-state index >= 15 is 0 Å². The van der Waals surface area contributed by atoms with E-state index in [9.17, 15) is 9.59 Å². The second-order valence-corrected chi connectivity index (χ2v) is 7.45. The fourth-order valence-electron chi connectivity index (χ4n) is 3.85. The summed E-state index contributed by atoms with van der Waals surface area (Å²) in [4.78, 5) is 25.2. The van der Waals surface area contributed by atoms with E-state index in [2.05, 4.69) is 10.6 Å². The minimum atomic E-state index is -0.561. The highest BCUT2D eigenvalue weighted by molar-refractivity contribution is 5.95. The minimum absolute atomic E-state index is 0.0893. The van der Waals surface area contributed by atoms with Crippen LogP contribution in [0.5, 0.6) is 0 Å². The van der Waals surface area contributed by atoms with Crippen LogP contribution in [0.2, 0.25) is 0 Å². The van der Waals surface area contributed by atoms with Crippen LogP contribution in [-0.4, -0.2) is 18.6 Å². The van der Waals surface area contributed by atoms with Gasteiger partial charge in [-0.1, -0.05) is 91.0 Å². The Morgan fingerprint density at radius 2 is 1.39 bits per heavy atom. The average Bonchev–Trinajstić information content (AvgIpc) is 2.80. The molecule has 2 amide bonds. The topological polar surface area (TPSA) is 67.4 Å². The lowest BCUT2D eigenvalue weighted by Crippen LogP contribution is -2.45. The second kappa shape index (κ2) is 9.30. The Morgan fingerprint density at radius 1 is 0.871 bits per heavy atom. The SMILES string of the molecule is CC1=C(C(=O)OCC(c2ccccc2)c2ccccc2)C(c2ccccc2)NC(=O)N1. The van der Waals surface area contributed by atoms with Gasteiger partial charge in [-0.3, -0.25) is 0 Å². The Bertz CT molecular complexity index is 1040. The molecule has 0 radical (unpaired) electrons. The Kier molecular flexibility index (Phi) is 6.13. The number of nitrogens with one attached hydrogen (secondary N) is 2. The van der Waals surface area contributed by atoms with Crippen LogP contribution in [0.1, 0.15) is 35.6 Å². The monoisotopic (exact) mass is 412 g/mol. The molecule has 1 atom stereocenters. The molecular weight excluding hydrogens is 388 g/mol. The predicted molar refractivity (Wildman–Crippen MR) is 119 cm³/mol. The van der Waals surface area contributed by atoms with Crippen molar-refractivity contribution in [2.75, 3.05) is 6.61 Å². The average molecular weight is 412 g/mol. The van der Waals surface area contributed by atoms with Gasteiger partial charge in [0.1, 0.15) is 6.61 Å². The second-order valence-electron chi connectivity index (χ2n) is 7.45. The van der Waals surface area contributed by atoms with Crippen molar-refractivity contribution in [3.63, 3.8) is 0 Å². The van der Waals surface area contributed by atoms with Gasteiger partial charge in [-0.25, -0.2) is 9.59 Å². The molecule has 0 fully saturated rings. The van der Waals surface area contributed by atoms with Gasteiger partial charge in [-0.2, -0.15) is 0 Å². The lowest BCUT2D eigenvalue weighted by Gasteiger charge is -2.28. The van der Waals surface area contributed by atoms with E-state index < -0.39 is 12.0 Å². The molecule has 0 spiro atoms. The highest BCUT2D eigenvalue weighted by Gasteiger charge is 2.32. The Morgan fingerprint density at radius 3 is 1.94 bits per heavy atom. The normalized spacial score (nSPS) is 15.9. The zero-order chi connectivity index (χ0) is 21.6. The standard InChI is InChI=1S/C26H24N2O3/c1-18-23(24(28-26(30)27-18)21-15-9-4-10-16-21)25(29)31-17-22(19-11-5-2-6-12-19)20-13-7-3-8-14-20/h2-16,22,24H,17H2,1H3,(H2,27,28,30). The summed E-state index contributed by atoms with van der Waals surface area (Å²) in [5.74, 6) is -0.538. The van der Waals surface area contributed by atoms with Gasteiger partial charge in [0.15, 0.2) is 0 Å². The molecule has 5 heteroatoms. The molecule has 0 aliphatic carbocycles. The number of hydrogen-bond donors (Lipinski definition) is 2. The van der Waals surface area contributed by atoms with E-state index in [1.807, 2.05) is 91.0 Å². The number of hydrogen-bond acceptors (Lipinski definition) is 3. The van der Waals surface area contributed by atoms with Crippen LogP contribution in [0.3, 0.4) is 0 Å². The summed E-state index contributed by atoms with van der Waals surface area (Å²) in [5.41, 5.74) is 3.87. The molecule has 0 saturated heterocycles. The van der Waals surface area contributed by atoms with Crippen LogP contribution in [0.25, 0.3) is 0 Å². The molecule has 5 nitrogen and oxygen atoms in total. The molecular formula is C26H24N2O3. The van der Waals surface area contributed by atoms with Crippen LogP contribution in [-0.2, 0) is 9.53 Å². The van der Waals surface area contributed by atoms with Crippen molar-refractivity contribution >= 4 is 12.0 Å². The van der Waals surface area contributed by atoms with Gasteiger partial charge >= 0.3 is 12.0 Å². The summed E-state index contributed by atoms with van der Waals surface area (Å²) >= 11 is 0. The quantitative estimate of drug-likeness (QED) is 0.577. The summed E-state index contributed by atoms with van der Waals surface area (Å²) in [5, 5.41) is 5.53. The van der Waals surface area contributed by atoms with E-state index in [0.29, 0.717) is 11.3 Å². The molecule has 4 rings (SSSR count). The van der Waals surface area contributed by atoms with Crippen molar-refractivity contribution < 1.29 is 14.3 Å². The maximum Gasteiger partial charge on any atom is 0.338 e. The zero-order valence-corrected chi connectivity index (χ0v) is 17.2. The molecule has 2 N–H and O–H groups in total. The predicted octanol–water partition coefficient (Wildman–Crippen LogP) is 4.69. The number of carbonyl (C=O) groups is 2. The van der Waals surface area contributed by atoms with Crippen LogP contribution in [0, 0.1) is 0 Å². The summed E-state index contributed by atoms with van der Waals surface area (Å²) in [6.45, 7) is 1.91. The lowest BCUT2D eigenvalue weighted by molar-refractivity contribution is -0.139. The van der Waals surface area contributed by atoms with Gasteiger partial charge in [0, 0.05) is 11.6 Å². The number of esters is 1. The maximum absolute atomic E-state index is 13.2. The molecule has 1 aliphatic rings. The van der Waals surface area contributed by atoms with E-state index in [-0.39, 0.29) is 18.6 Å². The van der Waals surface area contributed by atoms with Gasteiger partial charge in [-0.05, 0) is 23.6 Å². The van der Waals surface area contributed by atoms with Crippen LogP contribution in [0.4, 0.5) is 4.79 Å². The van der Waals surface area contributed by atoms with Gasteiger partial charge in [0.2, 0.25) is 0 Å². The summed E-state index contributed by atoms with van der Waals surface area (Å²) in [6.07, 6.45) is 0. The van der Waals surface area contributed by atoms with Gasteiger partial charge in [0.25, 0.3) is 0 Å². The van der Waals surface area contributed by atoms with Crippen LogP contribution < -0.4 is 10.6 Å². The van der Waals surface area contributed by atoms with Crippen molar-refractivity contribution in [2.45, 2.75) is 18.9 Å². The number of benzene rings is 3. The molecule has 31 heavy (non-hydrogen) atoms. The van der Waals surface area contributed by atoms with Crippen molar-refractivity contribution in [3.05, 3.63) is 119 Å². The van der Waals surface area contributed by atoms with Gasteiger partial charge in [-0.15, -0.1) is 0 Å². The number of urea groups is 1. The van der Waals surface area contributed by atoms with Crippen molar-refractivity contribution in [3.8, 4) is 0 Å². The fraction of sp³-hybridized carbons (Fsp3) is 0.154. The number of allylic oxidation sites excluding steroid dienone is 1. The summed E-state index contributed by atoms with van der Waals surface area (Å²) in [7, 11) is 0. The highest BCUT2D eigenvalue weighted by atomic mass is 16.5. The molecule has 3 aromatic rings. The van der Waals surface area contributed by atoms with Crippen molar-refractivity contribution in [1.82, 2.24) is 10.6 Å². The maximum atomic E-state index is 13.2. The molecule has 1 unspecified atom stereocenters. The van der Waals surface area contributed by atoms with Crippen LogP contribution in [0.15, 0.2) is 102 Å². The lowest BCUT2D eigenvalue weighted by atomic mass is 9.92. The van der Waals surface area contributed by atoms with E-state index in [4.69, 9.17) is 4.74 Å². The first-order valence-electron chi connectivity index (χ1n) is 10.2. The molecule has 0 bridgehead atoms. The Hall–Kier alpha value is -3.86. The number of carbonyl (C=O) groups excluding carboxylic acids is 2. The Labute approximate surface area is 181 Å². The number of amides is 2. The summed E-state index contributed by atoms with van der Waals surface area (Å²) < 4.78 is 5.82. The third-order valence-electron chi connectivity index (χ3n) is 5.41. The highest BCUT2D eigenvalue weighted by Crippen LogP contribution is 2.29. The molecule has 0 saturated carbocycles. The largest absolute Gasteiger partial charge is 0.461 e. The van der Waals surface area contributed by atoms with Crippen molar-refractivity contribution in [1.29, 1.82) is 0 Å². The summed E-state index contributed by atoms with van der Waals surface area (Å²) in [6, 6.07) is 28.5. The van der Waals surface area contributed by atoms with Crippen molar-refractivity contribution in [2.24, 2.45) is 0 Å². The smallest absolute Gasteiger partial charge is 0.338 e.